The molecule has 0 aliphatic heterocycles. The first-order valence-electron chi connectivity index (χ1n) is 10.6. The van der Waals surface area contributed by atoms with Crippen LogP contribution in [0, 0.1) is 12.8 Å². The van der Waals surface area contributed by atoms with Crippen LogP contribution >= 0.6 is 15.9 Å². The fraction of sp³-hybridized carbons (Fsp3) is 0.333. The number of rotatable bonds is 8. The SMILES string of the molecule is Cc1ccc2c(c1)c(N=NC(=O)CCNC(=O)c1ccccc1Br)c(O)n2CCC(C)C. The molecule has 0 fully saturated rings. The molecule has 1 heterocycles. The van der Waals surface area contributed by atoms with Crippen molar-refractivity contribution in [3.05, 3.63) is 58.1 Å². The first-order valence-corrected chi connectivity index (χ1v) is 11.4. The lowest BCUT2D eigenvalue weighted by Crippen LogP contribution is -2.26. The van der Waals surface area contributed by atoms with Crippen molar-refractivity contribution in [2.24, 2.45) is 16.1 Å². The molecule has 0 saturated heterocycles. The second-order valence-corrected chi connectivity index (χ2v) is 8.96. The Morgan fingerprint density at radius 2 is 1.94 bits per heavy atom. The summed E-state index contributed by atoms with van der Waals surface area (Å²) < 4.78 is 2.49. The van der Waals surface area contributed by atoms with Gasteiger partial charge in [-0.3, -0.25) is 9.59 Å². The number of halogens is 1. The fourth-order valence-electron chi connectivity index (χ4n) is 3.33. The number of aromatic hydroxyl groups is 1. The lowest BCUT2D eigenvalue weighted by molar-refractivity contribution is -0.118. The number of nitrogens with zero attached hydrogens (tertiary/aromatic N) is 3. The quantitative estimate of drug-likeness (QED) is 0.378. The number of aryl methyl sites for hydroxylation is 2. The molecule has 1 aromatic heterocycles. The monoisotopic (exact) mass is 498 g/mol. The molecule has 0 radical (unpaired) electrons. The third-order valence-corrected chi connectivity index (χ3v) is 5.79. The zero-order valence-electron chi connectivity index (χ0n) is 18.4. The fourth-order valence-corrected chi connectivity index (χ4v) is 3.79. The Labute approximate surface area is 195 Å². The van der Waals surface area contributed by atoms with Gasteiger partial charge in [-0.15, -0.1) is 10.2 Å². The van der Waals surface area contributed by atoms with Gasteiger partial charge >= 0.3 is 0 Å². The molecule has 168 valence electrons. The first kappa shape index (κ1) is 23.7. The zero-order chi connectivity index (χ0) is 23.3. The van der Waals surface area contributed by atoms with Gasteiger partial charge in [0.25, 0.3) is 11.8 Å². The number of hydrogen-bond acceptors (Lipinski definition) is 4. The molecule has 0 saturated carbocycles. The van der Waals surface area contributed by atoms with Crippen LogP contribution in [0.15, 0.2) is 57.2 Å². The van der Waals surface area contributed by atoms with Crippen molar-refractivity contribution in [1.29, 1.82) is 0 Å². The van der Waals surface area contributed by atoms with Gasteiger partial charge in [0.15, 0.2) is 5.69 Å². The van der Waals surface area contributed by atoms with Gasteiger partial charge in [-0.2, -0.15) is 0 Å². The van der Waals surface area contributed by atoms with E-state index in [0.29, 0.717) is 22.5 Å². The average Bonchev–Trinajstić information content (AvgIpc) is 3.00. The van der Waals surface area contributed by atoms with Crippen LogP contribution in [0.1, 0.15) is 42.6 Å². The van der Waals surface area contributed by atoms with E-state index >= 15 is 0 Å². The van der Waals surface area contributed by atoms with E-state index in [1.165, 1.54) is 0 Å². The number of nitrogens with one attached hydrogen (secondary N) is 1. The van der Waals surface area contributed by atoms with Gasteiger partial charge in [-0.25, -0.2) is 0 Å². The first-order chi connectivity index (χ1) is 15.3. The second-order valence-electron chi connectivity index (χ2n) is 8.11. The minimum absolute atomic E-state index is 0.00466. The van der Waals surface area contributed by atoms with Crippen LogP contribution < -0.4 is 5.32 Å². The van der Waals surface area contributed by atoms with Gasteiger partial charge in [0, 0.05) is 29.4 Å². The molecule has 8 heteroatoms. The molecule has 3 aromatic rings. The molecule has 0 aliphatic carbocycles. The molecule has 2 aromatic carbocycles. The second kappa shape index (κ2) is 10.5. The van der Waals surface area contributed by atoms with Gasteiger partial charge in [-0.05, 0) is 59.5 Å². The molecule has 3 rings (SSSR count). The van der Waals surface area contributed by atoms with Crippen LogP contribution in [-0.4, -0.2) is 28.0 Å². The maximum atomic E-state index is 12.2. The van der Waals surface area contributed by atoms with Gasteiger partial charge in [0.05, 0.1) is 11.1 Å². The van der Waals surface area contributed by atoms with Crippen molar-refractivity contribution >= 4 is 44.3 Å². The highest BCUT2D eigenvalue weighted by Crippen LogP contribution is 2.39. The van der Waals surface area contributed by atoms with E-state index in [0.717, 1.165) is 22.9 Å². The Balaban J connectivity index is 1.70. The topological polar surface area (TPSA) is 96.1 Å². The van der Waals surface area contributed by atoms with Crippen LogP contribution in [0.4, 0.5) is 5.69 Å². The van der Waals surface area contributed by atoms with E-state index in [1.54, 1.807) is 18.2 Å². The summed E-state index contributed by atoms with van der Waals surface area (Å²) in [6.07, 6.45) is 0.906. The Morgan fingerprint density at radius 3 is 2.66 bits per heavy atom. The number of azo groups is 1. The lowest BCUT2D eigenvalue weighted by Gasteiger charge is -2.09. The molecule has 0 unspecified atom stereocenters. The molecule has 0 bridgehead atoms. The summed E-state index contributed by atoms with van der Waals surface area (Å²) in [7, 11) is 0. The van der Waals surface area contributed by atoms with Gasteiger partial charge in [0.2, 0.25) is 5.88 Å². The maximum absolute atomic E-state index is 12.2. The Hall–Kier alpha value is -3.00. The molecular weight excluding hydrogens is 472 g/mol. The summed E-state index contributed by atoms with van der Waals surface area (Å²) in [5, 5.41) is 22.1. The molecule has 2 amide bonds. The number of fused-ring (bicyclic) bond motifs is 1. The van der Waals surface area contributed by atoms with Gasteiger partial charge in [0.1, 0.15) is 0 Å². The van der Waals surface area contributed by atoms with Gasteiger partial charge < -0.3 is 15.0 Å². The molecule has 2 N–H and O–H groups in total. The Kier molecular flexibility index (Phi) is 7.80. The van der Waals surface area contributed by atoms with E-state index in [-0.39, 0.29) is 30.4 Å². The number of amides is 2. The van der Waals surface area contributed by atoms with Crippen LogP contribution in [0.25, 0.3) is 10.9 Å². The standard InChI is InChI=1S/C24H27BrN4O3/c1-15(2)11-13-29-20-9-8-16(3)14-18(20)22(24(29)32)28-27-21(30)10-12-26-23(31)17-6-4-5-7-19(17)25/h4-9,14-15,32H,10-13H2,1-3H3,(H,26,31). The van der Waals surface area contributed by atoms with Crippen LogP contribution in [0.3, 0.4) is 0 Å². The van der Waals surface area contributed by atoms with Crippen molar-refractivity contribution in [3.63, 3.8) is 0 Å². The zero-order valence-corrected chi connectivity index (χ0v) is 20.0. The maximum Gasteiger partial charge on any atom is 0.266 e. The number of hydrogen-bond donors (Lipinski definition) is 2. The molecular formula is C24H27BrN4O3. The highest BCUT2D eigenvalue weighted by Gasteiger charge is 2.17. The molecule has 0 atom stereocenters. The van der Waals surface area contributed by atoms with Crippen LogP contribution in [0.5, 0.6) is 5.88 Å². The summed E-state index contributed by atoms with van der Waals surface area (Å²) in [5.41, 5.74) is 2.67. The van der Waals surface area contributed by atoms with Gasteiger partial charge in [-0.1, -0.05) is 37.6 Å². The highest BCUT2D eigenvalue weighted by molar-refractivity contribution is 9.10. The Morgan fingerprint density at radius 1 is 1.19 bits per heavy atom. The number of carbonyl (C=O) groups excluding carboxylic acids is 2. The summed E-state index contributed by atoms with van der Waals surface area (Å²) in [5.74, 6) is -0.267. The number of benzene rings is 2. The third kappa shape index (κ3) is 5.62. The summed E-state index contributed by atoms with van der Waals surface area (Å²) in [4.78, 5) is 24.4. The lowest BCUT2D eigenvalue weighted by atomic mass is 10.1. The smallest absolute Gasteiger partial charge is 0.266 e. The summed E-state index contributed by atoms with van der Waals surface area (Å²) in [6.45, 7) is 7.00. The van der Waals surface area contributed by atoms with Crippen molar-refractivity contribution < 1.29 is 14.7 Å². The van der Waals surface area contributed by atoms with Crippen molar-refractivity contribution in [2.75, 3.05) is 6.54 Å². The van der Waals surface area contributed by atoms with E-state index in [2.05, 4.69) is 45.3 Å². The predicted molar refractivity (Wildman–Crippen MR) is 128 cm³/mol. The minimum Gasteiger partial charge on any atom is -0.493 e. The van der Waals surface area contributed by atoms with Crippen LogP contribution in [0.2, 0.25) is 0 Å². The average molecular weight is 499 g/mol. The molecule has 0 spiro atoms. The third-order valence-electron chi connectivity index (χ3n) is 5.10. The van der Waals surface area contributed by atoms with Crippen LogP contribution in [-0.2, 0) is 11.3 Å². The van der Waals surface area contributed by atoms with Crippen molar-refractivity contribution in [3.8, 4) is 5.88 Å². The minimum atomic E-state index is -0.479. The van der Waals surface area contributed by atoms with E-state index in [1.807, 2.05) is 35.8 Å². The van der Waals surface area contributed by atoms with E-state index in [4.69, 9.17) is 0 Å². The summed E-state index contributed by atoms with van der Waals surface area (Å²) in [6, 6.07) is 12.9. The van der Waals surface area contributed by atoms with E-state index < -0.39 is 5.91 Å². The molecule has 32 heavy (non-hydrogen) atoms. The largest absolute Gasteiger partial charge is 0.493 e. The summed E-state index contributed by atoms with van der Waals surface area (Å²) >= 11 is 3.33. The number of aromatic nitrogens is 1. The highest BCUT2D eigenvalue weighted by atomic mass is 79.9. The van der Waals surface area contributed by atoms with E-state index in [9.17, 15) is 14.7 Å². The number of carbonyl (C=O) groups is 2. The predicted octanol–water partition coefficient (Wildman–Crippen LogP) is 5.89. The molecule has 0 aliphatic rings. The molecule has 7 nitrogen and oxygen atoms in total. The van der Waals surface area contributed by atoms with Crippen molar-refractivity contribution in [2.45, 2.75) is 40.2 Å². The normalized spacial score (nSPS) is 11.5. The Bertz CT molecular complexity index is 1170. The van der Waals surface area contributed by atoms with Crippen molar-refractivity contribution in [1.82, 2.24) is 9.88 Å².